The normalized spacial score (nSPS) is 12.4. The molecule has 96 valence electrons. The molecule has 0 amide bonds. The van der Waals surface area contributed by atoms with Crippen molar-refractivity contribution in [2.45, 2.75) is 13.0 Å². The fourth-order valence-corrected chi connectivity index (χ4v) is 2.61. The summed E-state index contributed by atoms with van der Waals surface area (Å²) >= 11 is 7.53. The van der Waals surface area contributed by atoms with E-state index >= 15 is 0 Å². The number of hydrogen-bond donors (Lipinski definition) is 2. The fourth-order valence-electron chi connectivity index (χ4n) is 1.56. The number of nitrogens with one attached hydrogen (secondary N) is 1. The van der Waals surface area contributed by atoms with Crippen molar-refractivity contribution in [1.29, 1.82) is 0 Å². The Labute approximate surface area is 116 Å². The molecule has 3 N–H and O–H groups in total. The standard InChI is InChI=1S/C13H15ClN2OS/c1-9-2-7-13(18-9)12(16-15)8-17-11-5-3-10(14)4-6-11/h2-7,12,16H,8,15H2,1H3. The Morgan fingerprint density at radius 3 is 2.56 bits per heavy atom. The number of thiophene rings is 1. The van der Waals surface area contributed by atoms with Crippen LogP contribution in [0.1, 0.15) is 15.8 Å². The first kappa shape index (κ1) is 13.4. The van der Waals surface area contributed by atoms with E-state index in [9.17, 15) is 0 Å². The van der Waals surface area contributed by atoms with Gasteiger partial charge >= 0.3 is 0 Å². The highest BCUT2D eigenvalue weighted by molar-refractivity contribution is 7.12. The van der Waals surface area contributed by atoms with Crippen molar-refractivity contribution in [1.82, 2.24) is 5.43 Å². The molecule has 1 unspecified atom stereocenters. The minimum absolute atomic E-state index is 0.000576. The Kier molecular flexibility index (Phi) is 4.60. The lowest BCUT2D eigenvalue weighted by Crippen LogP contribution is -2.31. The average molecular weight is 283 g/mol. The van der Waals surface area contributed by atoms with E-state index < -0.39 is 0 Å². The molecule has 1 atom stereocenters. The number of benzene rings is 1. The monoisotopic (exact) mass is 282 g/mol. The lowest BCUT2D eigenvalue weighted by molar-refractivity contribution is 0.269. The highest BCUT2D eigenvalue weighted by Gasteiger charge is 2.12. The second-order valence-electron chi connectivity index (χ2n) is 3.93. The largest absolute Gasteiger partial charge is 0.492 e. The van der Waals surface area contributed by atoms with E-state index in [4.69, 9.17) is 22.2 Å². The second kappa shape index (κ2) is 6.20. The summed E-state index contributed by atoms with van der Waals surface area (Å²) in [6, 6.07) is 11.4. The molecule has 0 fully saturated rings. The van der Waals surface area contributed by atoms with Crippen LogP contribution in [0.15, 0.2) is 36.4 Å². The van der Waals surface area contributed by atoms with Gasteiger partial charge in [0.15, 0.2) is 0 Å². The van der Waals surface area contributed by atoms with E-state index in [1.165, 1.54) is 9.75 Å². The number of rotatable bonds is 5. The van der Waals surface area contributed by atoms with E-state index in [2.05, 4.69) is 24.5 Å². The smallest absolute Gasteiger partial charge is 0.119 e. The summed E-state index contributed by atoms with van der Waals surface area (Å²) in [4.78, 5) is 2.43. The summed E-state index contributed by atoms with van der Waals surface area (Å²) in [6.07, 6.45) is 0. The van der Waals surface area contributed by atoms with Crippen molar-refractivity contribution in [2.24, 2.45) is 5.84 Å². The molecule has 1 aromatic carbocycles. The van der Waals surface area contributed by atoms with Gasteiger partial charge in [0.05, 0.1) is 6.04 Å². The number of nitrogens with two attached hydrogens (primary N) is 1. The van der Waals surface area contributed by atoms with Gasteiger partial charge in [-0.15, -0.1) is 11.3 Å². The SMILES string of the molecule is Cc1ccc(C(COc2ccc(Cl)cc2)NN)s1. The molecule has 2 rings (SSSR count). The van der Waals surface area contributed by atoms with Gasteiger partial charge in [-0.2, -0.15) is 0 Å². The van der Waals surface area contributed by atoms with Crippen molar-refractivity contribution >= 4 is 22.9 Å². The molecule has 1 heterocycles. The maximum Gasteiger partial charge on any atom is 0.119 e. The second-order valence-corrected chi connectivity index (χ2v) is 5.69. The third-order valence-electron chi connectivity index (χ3n) is 2.54. The number of hydrazine groups is 1. The molecule has 0 saturated carbocycles. The first-order chi connectivity index (χ1) is 8.69. The number of aryl methyl sites for hydroxylation is 1. The molecule has 0 aliphatic heterocycles. The van der Waals surface area contributed by atoms with Crippen LogP contribution in [-0.2, 0) is 0 Å². The Balaban J connectivity index is 1.97. The van der Waals surface area contributed by atoms with E-state index in [0.29, 0.717) is 11.6 Å². The highest BCUT2D eigenvalue weighted by atomic mass is 35.5. The molecule has 0 aliphatic carbocycles. The minimum atomic E-state index is -0.000576. The van der Waals surface area contributed by atoms with Crippen molar-refractivity contribution in [2.75, 3.05) is 6.61 Å². The highest BCUT2D eigenvalue weighted by Crippen LogP contribution is 2.23. The summed E-state index contributed by atoms with van der Waals surface area (Å²) in [7, 11) is 0. The Morgan fingerprint density at radius 1 is 1.28 bits per heavy atom. The fraction of sp³-hybridized carbons (Fsp3) is 0.231. The van der Waals surface area contributed by atoms with E-state index in [0.717, 1.165) is 5.75 Å². The summed E-state index contributed by atoms with van der Waals surface area (Å²) < 4.78 is 5.68. The summed E-state index contributed by atoms with van der Waals surface area (Å²) in [6.45, 7) is 2.56. The van der Waals surface area contributed by atoms with E-state index in [-0.39, 0.29) is 6.04 Å². The first-order valence-corrected chi connectivity index (χ1v) is 6.79. The zero-order valence-electron chi connectivity index (χ0n) is 10.0. The predicted molar refractivity (Wildman–Crippen MR) is 76.1 cm³/mol. The van der Waals surface area contributed by atoms with E-state index in [1.807, 2.05) is 12.1 Å². The van der Waals surface area contributed by atoms with Gasteiger partial charge < -0.3 is 4.74 Å². The van der Waals surface area contributed by atoms with Gasteiger partial charge in [0, 0.05) is 14.8 Å². The van der Waals surface area contributed by atoms with Gasteiger partial charge in [-0.1, -0.05) is 11.6 Å². The lowest BCUT2D eigenvalue weighted by Gasteiger charge is -2.15. The van der Waals surface area contributed by atoms with Crippen LogP contribution in [0.4, 0.5) is 0 Å². The number of hydrogen-bond acceptors (Lipinski definition) is 4. The van der Waals surface area contributed by atoms with Crippen molar-refractivity contribution in [3.05, 3.63) is 51.2 Å². The number of ether oxygens (including phenoxy) is 1. The molecule has 18 heavy (non-hydrogen) atoms. The van der Waals surface area contributed by atoms with E-state index in [1.54, 1.807) is 23.5 Å². The molecule has 5 heteroatoms. The van der Waals surface area contributed by atoms with Crippen LogP contribution >= 0.6 is 22.9 Å². The van der Waals surface area contributed by atoms with Crippen molar-refractivity contribution in [3.63, 3.8) is 0 Å². The van der Waals surface area contributed by atoms with Gasteiger partial charge in [0.1, 0.15) is 12.4 Å². The van der Waals surface area contributed by atoms with Gasteiger partial charge in [-0.05, 0) is 43.3 Å². The van der Waals surface area contributed by atoms with Gasteiger partial charge in [-0.25, -0.2) is 5.43 Å². The first-order valence-electron chi connectivity index (χ1n) is 5.60. The Morgan fingerprint density at radius 2 is 2.00 bits per heavy atom. The molecular formula is C13H15ClN2OS. The third-order valence-corrected chi connectivity index (χ3v) is 3.90. The van der Waals surface area contributed by atoms with Crippen LogP contribution in [0.25, 0.3) is 0 Å². The molecular weight excluding hydrogens is 268 g/mol. The summed E-state index contributed by atoms with van der Waals surface area (Å²) in [5, 5.41) is 0.699. The van der Waals surface area contributed by atoms with Crippen molar-refractivity contribution in [3.8, 4) is 5.75 Å². The van der Waals surface area contributed by atoms with Gasteiger partial charge in [0.2, 0.25) is 0 Å². The minimum Gasteiger partial charge on any atom is -0.492 e. The maximum absolute atomic E-state index is 5.81. The average Bonchev–Trinajstić information content (AvgIpc) is 2.79. The van der Waals surface area contributed by atoms with Crippen LogP contribution in [-0.4, -0.2) is 6.61 Å². The van der Waals surface area contributed by atoms with Crippen LogP contribution in [0.5, 0.6) is 5.75 Å². The lowest BCUT2D eigenvalue weighted by atomic mass is 10.2. The molecule has 1 aromatic heterocycles. The van der Waals surface area contributed by atoms with Crippen molar-refractivity contribution < 1.29 is 4.74 Å². The zero-order chi connectivity index (χ0) is 13.0. The van der Waals surface area contributed by atoms with Gasteiger partial charge in [-0.3, -0.25) is 5.84 Å². The van der Waals surface area contributed by atoms with Gasteiger partial charge in [0.25, 0.3) is 0 Å². The van der Waals surface area contributed by atoms with Crippen LogP contribution in [0.2, 0.25) is 5.02 Å². The summed E-state index contributed by atoms with van der Waals surface area (Å²) in [5.74, 6) is 6.34. The summed E-state index contributed by atoms with van der Waals surface area (Å²) in [5.41, 5.74) is 2.77. The molecule has 2 aromatic rings. The molecule has 0 radical (unpaired) electrons. The van der Waals surface area contributed by atoms with Crippen LogP contribution < -0.4 is 16.0 Å². The maximum atomic E-state index is 5.81. The topological polar surface area (TPSA) is 47.3 Å². The zero-order valence-corrected chi connectivity index (χ0v) is 11.6. The molecule has 0 bridgehead atoms. The molecule has 3 nitrogen and oxygen atoms in total. The van der Waals surface area contributed by atoms with Crippen LogP contribution in [0, 0.1) is 6.92 Å². The Hall–Kier alpha value is -1.07. The third kappa shape index (κ3) is 3.46. The quantitative estimate of drug-likeness (QED) is 0.653. The predicted octanol–water partition coefficient (Wildman–Crippen LogP) is 3.29. The number of halogens is 1. The Bertz CT molecular complexity index is 498. The molecule has 0 spiro atoms. The molecule has 0 saturated heterocycles. The van der Waals surface area contributed by atoms with Crippen LogP contribution in [0.3, 0.4) is 0 Å². The molecule has 0 aliphatic rings.